The molecule has 0 aliphatic heterocycles. The van der Waals surface area contributed by atoms with Crippen LogP contribution in [0.1, 0.15) is 34.3 Å². The van der Waals surface area contributed by atoms with Crippen molar-refractivity contribution in [2.75, 3.05) is 6.61 Å². The van der Waals surface area contributed by atoms with Crippen LogP contribution in [0.15, 0.2) is 34.7 Å². The number of carboxylic acid groups (broad SMARTS) is 1. The Morgan fingerprint density at radius 3 is 2.62 bits per heavy atom. The molecule has 2 aromatic rings. The summed E-state index contributed by atoms with van der Waals surface area (Å²) in [7, 11) is 0. The van der Waals surface area contributed by atoms with Gasteiger partial charge < -0.3 is 24.4 Å². The number of carbonyl (C=O) groups is 4. The molecule has 0 saturated carbocycles. The van der Waals surface area contributed by atoms with Gasteiger partial charge in [0.2, 0.25) is 0 Å². The van der Waals surface area contributed by atoms with E-state index < -0.39 is 24.3 Å². The molecular formula is C18H17NO7. The summed E-state index contributed by atoms with van der Waals surface area (Å²) in [6, 6.07) is 6.63. The van der Waals surface area contributed by atoms with E-state index in [4.69, 9.17) is 14.3 Å². The van der Waals surface area contributed by atoms with E-state index in [0.717, 1.165) is 0 Å². The van der Waals surface area contributed by atoms with Gasteiger partial charge in [-0.05, 0) is 31.2 Å². The molecule has 1 atom stereocenters. The maximum atomic E-state index is 12.4. The van der Waals surface area contributed by atoms with Crippen LogP contribution in [0.4, 0.5) is 0 Å². The summed E-state index contributed by atoms with van der Waals surface area (Å²) in [6.45, 7) is 2.03. The molecule has 1 amide bonds. The number of nitrogens with one attached hydrogen (secondary N) is 1. The molecule has 8 nitrogen and oxygen atoms in total. The van der Waals surface area contributed by atoms with Gasteiger partial charge in [-0.3, -0.25) is 14.4 Å². The standard InChI is InChI=1S/C18H17NO7/c1-2-25-16-7-11(15-6-4-13(10-21)26-15)3-5-14(16)18(24)19-12(9-20)8-17(22)23/h3-7,9-10,12H,2,8H2,1H3,(H,19,24)(H,22,23). The van der Waals surface area contributed by atoms with Crippen molar-refractivity contribution >= 4 is 24.4 Å². The zero-order valence-electron chi connectivity index (χ0n) is 13.9. The number of hydrogen-bond donors (Lipinski definition) is 2. The first-order valence-electron chi connectivity index (χ1n) is 7.78. The van der Waals surface area contributed by atoms with Gasteiger partial charge >= 0.3 is 5.97 Å². The van der Waals surface area contributed by atoms with Crippen LogP contribution >= 0.6 is 0 Å². The van der Waals surface area contributed by atoms with E-state index >= 15 is 0 Å². The third-order valence-electron chi connectivity index (χ3n) is 3.43. The summed E-state index contributed by atoms with van der Waals surface area (Å²) in [5.41, 5.74) is 0.741. The molecule has 0 saturated heterocycles. The second-order valence-corrected chi connectivity index (χ2v) is 5.28. The fraction of sp³-hybridized carbons (Fsp3) is 0.222. The van der Waals surface area contributed by atoms with Gasteiger partial charge in [-0.25, -0.2) is 0 Å². The molecule has 1 unspecified atom stereocenters. The van der Waals surface area contributed by atoms with E-state index in [0.29, 0.717) is 23.9 Å². The molecule has 2 rings (SSSR count). The van der Waals surface area contributed by atoms with Crippen molar-refractivity contribution in [3.05, 3.63) is 41.7 Å². The molecule has 0 aliphatic carbocycles. The SMILES string of the molecule is CCOc1cc(-c2ccc(C=O)o2)ccc1C(=O)NC(C=O)CC(=O)O. The van der Waals surface area contributed by atoms with Crippen molar-refractivity contribution in [2.24, 2.45) is 0 Å². The topological polar surface area (TPSA) is 123 Å². The van der Waals surface area contributed by atoms with Crippen molar-refractivity contribution < 1.29 is 33.4 Å². The fourth-order valence-electron chi connectivity index (χ4n) is 2.28. The molecule has 2 N–H and O–H groups in total. The molecule has 0 bridgehead atoms. The monoisotopic (exact) mass is 359 g/mol. The molecule has 0 aliphatic rings. The van der Waals surface area contributed by atoms with Gasteiger partial charge in [0.1, 0.15) is 17.8 Å². The van der Waals surface area contributed by atoms with E-state index in [1.807, 2.05) is 0 Å². The second kappa shape index (κ2) is 8.61. The number of carbonyl (C=O) groups excluding carboxylic acids is 3. The first kappa shape index (κ1) is 18.9. The third-order valence-corrected chi connectivity index (χ3v) is 3.43. The Bertz CT molecular complexity index is 825. The van der Waals surface area contributed by atoms with Gasteiger partial charge in [-0.1, -0.05) is 6.07 Å². The normalized spacial score (nSPS) is 11.4. The van der Waals surface area contributed by atoms with E-state index in [1.165, 1.54) is 12.1 Å². The Kier molecular flexibility index (Phi) is 6.26. The number of aliphatic carboxylic acids is 1. The summed E-state index contributed by atoms with van der Waals surface area (Å²) in [5.74, 6) is -0.997. The smallest absolute Gasteiger partial charge is 0.305 e. The van der Waals surface area contributed by atoms with Crippen LogP contribution in [0, 0.1) is 0 Å². The van der Waals surface area contributed by atoms with Crippen LogP contribution in [0.2, 0.25) is 0 Å². The predicted molar refractivity (Wildman–Crippen MR) is 90.3 cm³/mol. The highest BCUT2D eigenvalue weighted by atomic mass is 16.5. The predicted octanol–water partition coefficient (Wildman–Crippen LogP) is 1.93. The lowest BCUT2D eigenvalue weighted by atomic mass is 10.1. The Labute approximate surface area is 148 Å². The fourth-order valence-corrected chi connectivity index (χ4v) is 2.28. The largest absolute Gasteiger partial charge is 0.493 e. The lowest BCUT2D eigenvalue weighted by Crippen LogP contribution is -2.37. The molecule has 8 heteroatoms. The number of aldehydes is 2. The van der Waals surface area contributed by atoms with Gasteiger partial charge in [0, 0.05) is 5.56 Å². The number of rotatable bonds is 9. The van der Waals surface area contributed by atoms with Crippen molar-refractivity contribution in [1.82, 2.24) is 5.32 Å². The van der Waals surface area contributed by atoms with Crippen molar-refractivity contribution in [1.29, 1.82) is 0 Å². The third kappa shape index (κ3) is 4.56. The first-order valence-corrected chi connectivity index (χ1v) is 7.78. The van der Waals surface area contributed by atoms with Crippen LogP contribution in [0.25, 0.3) is 11.3 Å². The average Bonchev–Trinajstić information content (AvgIpc) is 3.10. The maximum Gasteiger partial charge on any atom is 0.305 e. The van der Waals surface area contributed by atoms with Crippen molar-refractivity contribution in [3.8, 4) is 17.1 Å². The van der Waals surface area contributed by atoms with E-state index in [1.54, 1.807) is 25.1 Å². The van der Waals surface area contributed by atoms with E-state index in [9.17, 15) is 19.2 Å². The highest BCUT2D eigenvalue weighted by Crippen LogP contribution is 2.28. The molecule has 1 aromatic carbocycles. The van der Waals surface area contributed by atoms with Crippen LogP contribution in [-0.2, 0) is 9.59 Å². The van der Waals surface area contributed by atoms with Crippen LogP contribution in [0.3, 0.4) is 0 Å². The average molecular weight is 359 g/mol. The zero-order valence-corrected chi connectivity index (χ0v) is 13.9. The zero-order chi connectivity index (χ0) is 19.1. The summed E-state index contributed by atoms with van der Waals surface area (Å²) >= 11 is 0. The Balaban J connectivity index is 2.29. The summed E-state index contributed by atoms with van der Waals surface area (Å²) < 4.78 is 10.8. The van der Waals surface area contributed by atoms with Crippen molar-refractivity contribution in [3.63, 3.8) is 0 Å². The number of ether oxygens (including phenoxy) is 1. The minimum atomic E-state index is -1.20. The highest BCUT2D eigenvalue weighted by molar-refractivity contribution is 5.99. The maximum absolute atomic E-state index is 12.4. The summed E-state index contributed by atoms with van der Waals surface area (Å²) in [4.78, 5) is 44.8. The number of hydrogen-bond acceptors (Lipinski definition) is 6. The first-order chi connectivity index (χ1) is 12.5. The second-order valence-electron chi connectivity index (χ2n) is 5.28. The molecule has 1 heterocycles. The Hall–Kier alpha value is -3.42. The lowest BCUT2D eigenvalue weighted by Gasteiger charge is -2.14. The quantitative estimate of drug-likeness (QED) is 0.656. The van der Waals surface area contributed by atoms with Crippen LogP contribution in [-0.4, -0.2) is 42.2 Å². The molecule has 136 valence electrons. The summed E-state index contributed by atoms with van der Waals surface area (Å²) in [5, 5.41) is 11.1. The Morgan fingerprint density at radius 2 is 2.04 bits per heavy atom. The van der Waals surface area contributed by atoms with Gasteiger partial charge in [-0.2, -0.15) is 0 Å². The van der Waals surface area contributed by atoms with E-state index in [-0.39, 0.29) is 23.7 Å². The van der Waals surface area contributed by atoms with Gasteiger partial charge in [-0.15, -0.1) is 0 Å². The number of furan rings is 1. The number of amides is 1. The lowest BCUT2D eigenvalue weighted by molar-refractivity contribution is -0.138. The number of benzene rings is 1. The molecule has 0 radical (unpaired) electrons. The Morgan fingerprint density at radius 1 is 1.27 bits per heavy atom. The molecule has 0 fully saturated rings. The van der Waals surface area contributed by atoms with Gasteiger partial charge in [0.15, 0.2) is 12.0 Å². The number of carboxylic acids is 1. The van der Waals surface area contributed by atoms with Gasteiger partial charge in [0.25, 0.3) is 5.91 Å². The van der Waals surface area contributed by atoms with Crippen LogP contribution < -0.4 is 10.1 Å². The van der Waals surface area contributed by atoms with Gasteiger partial charge in [0.05, 0.1) is 24.6 Å². The van der Waals surface area contributed by atoms with E-state index in [2.05, 4.69) is 5.32 Å². The molecular weight excluding hydrogens is 342 g/mol. The summed E-state index contributed by atoms with van der Waals surface area (Å²) in [6.07, 6.45) is 0.430. The molecule has 0 spiro atoms. The van der Waals surface area contributed by atoms with Crippen LogP contribution in [0.5, 0.6) is 5.75 Å². The minimum Gasteiger partial charge on any atom is -0.493 e. The van der Waals surface area contributed by atoms with Crippen molar-refractivity contribution in [2.45, 2.75) is 19.4 Å². The highest BCUT2D eigenvalue weighted by Gasteiger charge is 2.20. The minimum absolute atomic E-state index is 0.148. The molecule has 1 aromatic heterocycles. The molecule has 26 heavy (non-hydrogen) atoms.